The second-order valence-corrected chi connectivity index (χ2v) is 3.98. The summed E-state index contributed by atoms with van der Waals surface area (Å²) in [6.07, 6.45) is 1.89. The highest BCUT2D eigenvalue weighted by atomic mass is 32.2. The SMILES string of the molecule is COCCn1cc(C)nc1SCC(=O)O. The van der Waals surface area contributed by atoms with Crippen molar-refractivity contribution in [2.45, 2.75) is 18.6 Å². The summed E-state index contributed by atoms with van der Waals surface area (Å²) in [5.74, 6) is -0.803. The molecular weight excluding hydrogens is 216 g/mol. The Balaban J connectivity index is 2.63. The van der Waals surface area contributed by atoms with Gasteiger partial charge < -0.3 is 14.4 Å². The van der Waals surface area contributed by atoms with Crippen molar-refractivity contribution in [3.05, 3.63) is 11.9 Å². The van der Waals surface area contributed by atoms with Gasteiger partial charge in [0, 0.05) is 19.9 Å². The molecule has 0 aromatic carbocycles. The van der Waals surface area contributed by atoms with Crippen LogP contribution in [0.1, 0.15) is 5.69 Å². The Labute approximate surface area is 92.5 Å². The van der Waals surface area contributed by atoms with E-state index in [4.69, 9.17) is 9.84 Å². The summed E-state index contributed by atoms with van der Waals surface area (Å²) in [7, 11) is 1.63. The number of ether oxygens (including phenoxy) is 1. The number of thioether (sulfide) groups is 1. The van der Waals surface area contributed by atoms with Gasteiger partial charge in [0.15, 0.2) is 5.16 Å². The molecule has 0 aliphatic heterocycles. The Morgan fingerprint density at radius 2 is 2.47 bits per heavy atom. The van der Waals surface area contributed by atoms with E-state index in [0.717, 1.165) is 10.9 Å². The fourth-order valence-electron chi connectivity index (χ4n) is 1.12. The number of aromatic nitrogens is 2. The summed E-state index contributed by atoms with van der Waals surface area (Å²) in [5, 5.41) is 9.29. The second kappa shape index (κ2) is 5.77. The molecule has 0 spiro atoms. The van der Waals surface area contributed by atoms with Crippen LogP contribution in [0.25, 0.3) is 0 Å². The lowest BCUT2D eigenvalue weighted by molar-refractivity contribution is -0.133. The summed E-state index contributed by atoms with van der Waals surface area (Å²) in [6.45, 7) is 3.17. The van der Waals surface area contributed by atoms with Gasteiger partial charge in [0.1, 0.15) is 0 Å². The number of imidazole rings is 1. The quantitative estimate of drug-likeness (QED) is 0.739. The Kier molecular flexibility index (Phi) is 4.64. The van der Waals surface area contributed by atoms with Crippen LogP contribution in [-0.2, 0) is 16.1 Å². The zero-order chi connectivity index (χ0) is 11.3. The van der Waals surface area contributed by atoms with E-state index >= 15 is 0 Å². The van der Waals surface area contributed by atoms with Gasteiger partial charge in [-0.05, 0) is 6.92 Å². The molecular formula is C9H14N2O3S. The normalized spacial score (nSPS) is 10.5. The van der Waals surface area contributed by atoms with Gasteiger partial charge in [-0.25, -0.2) is 4.98 Å². The fraction of sp³-hybridized carbons (Fsp3) is 0.556. The summed E-state index contributed by atoms with van der Waals surface area (Å²) in [4.78, 5) is 14.7. The molecule has 1 N–H and O–H groups in total. The summed E-state index contributed by atoms with van der Waals surface area (Å²) in [6, 6.07) is 0. The first kappa shape index (κ1) is 12.1. The molecule has 1 rings (SSSR count). The number of nitrogens with zero attached hydrogens (tertiary/aromatic N) is 2. The molecule has 0 fully saturated rings. The van der Waals surface area contributed by atoms with E-state index in [1.165, 1.54) is 11.8 Å². The molecule has 84 valence electrons. The Bertz CT molecular complexity index is 338. The fourth-order valence-corrected chi connectivity index (χ4v) is 1.89. The van der Waals surface area contributed by atoms with Crippen molar-refractivity contribution in [3.63, 3.8) is 0 Å². The van der Waals surface area contributed by atoms with Crippen LogP contribution in [-0.4, -0.2) is 40.1 Å². The third-order valence-corrected chi connectivity index (χ3v) is 2.70. The molecule has 15 heavy (non-hydrogen) atoms. The molecule has 0 aliphatic rings. The molecule has 0 radical (unpaired) electrons. The first-order valence-corrected chi connectivity index (χ1v) is 5.49. The van der Waals surface area contributed by atoms with Crippen molar-refractivity contribution in [1.29, 1.82) is 0 Å². The van der Waals surface area contributed by atoms with E-state index in [1.807, 2.05) is 17.7 Å². The average molecular weight is 230 g/mol. The van der Waals surface area contributed by atoms with Crippen molar-refractivity contribution in [2.75, 3.05) is 19.5 Å². The molecule has 5 nitrogen and oxygen atoms in total. The van der Waals surface area contributed by atoms with E-state index in [-0.39, 0.29) is 5.75 Å². The third-order valence-electron chi connectivity index (χ3n) is 1.72. The van der Waals surface area contributed by atoms with Crippen molar-refractivity contribution in [1.82, 2.24) is 9.55 Å². The minimum absolute atomic E-state index is 0.0312. The maximum atomic E-state index is 10.4. The smallest absolute Gasteiger partial charge is 0.313 e. The van der Waals surface area contributed by atoms with Gasteiger partial charge in [-0.2, -0.15) is 0 Å². The van der Waals surface area contributed by atoms with Crippen LogP contribution >= 0.6 is 11.8 Å². The lowest BCUT2D eigenvalue weighted by Crippen LogP contribution is -2.06. The third kappa shape index (κ3) is 3.93. The molecule has 1 heterocycles. The van der Waals surface area contributed by atoms with Gasteiger partial charge in [-0.1, -0.05) is 11.8 Å². The molecule has 0 bridgehead atoms. The highest BCUT2D eigenvalue weighted by molar-refractivity contribution is 7.99. The minimum Gasteiger partial charge on any atom is -0.481 e. The molecule has 0 unspecified atom stereocenters. The van der Waals surface area contributed by atoms with Crippen LogP contribution in [0.5, 0.6) is 0 Å². The maximum absolute atomic E-state index is 10.4. The number of rotatable bonds is 6. The Hall–Kier alpha value is -1.01. The largest absolute Gasteiger partial charge is 0.481 e. The van der Waals surface area contributed by atoms with Crippen LogP contribution in [0.15, 0.2) is 11.4 Å². The van der Waals surface area contributed by atoms with E-state index < -0.39 is 5.97 Å². The monoisotopic (exact) mass is 230 g/mol. The number of carboxylic acid groups (broad SMARTS) is 1. The maximum Gasteiger partial charge on any atom is 0.313 e. The average Bonchev–Trinajstić information content (AvgIpc) is 2.52. The highest BCUT2D eigenvalue weighted by Crippen LogP contribution is 2.17. The van der Waals surface area contributed by atoms with Crippen LogP contribution in [0.4, 0.5) is 0 Å². The van der Waals surface area contributed by atoms with Crippen LogP contribution in [0.3, 0.4) is 0 Å². The minimum atomic E-state index is -0.834. The molecule has 0 amide bonds. The van der Waals surface area contributed by atoms with Gasteiger partial charge in [0.05, 0.1) is 18.1 Å². The lowest BCUT2D eigenvalue weighted by atomic mass is 10.5. The Morgan fingerprint density at radius 1 is 1.73 bits per heavy atom. The highest BCUT2D eigenvalue weighted by Gasteiger charge is 2.08. The predicted octanol–water partition coefficient (Wildman–Crippen LogP) is 1.01. The van der Waals surface area contributed by atoms with E-state index in [0.29, 0.717) is 13.2 Å². The van der Waals surface area contributed by atoms with E-state index in [1.54, 1.807) is 7.11 Å². The molecule has 0 atom stereocenters. The topological polar surface area (TPSA) is 64.4 Å². The predicted molar refractivity (Wildman–Crippen MR) is 57.2 cm³/mol. The molecule has 0 saturated heterocycles. The van der Waals surface area contributed by atoms with Crippen LogP contribution in [0, 0.1) is 6.92 Å². The zero-order valence-corrected chi connectivity index (χ0v) is 9.58. The number of hydrogen-bond donors (Lipinski definition) is 1. The van der Waals surface area contributed by atoms with Gasteiger partial charge in [-0.3, -0.25) is 4.79 Å². The number of carboxylic acids is 1. The molecule has 6 heteroatoms. The molecule has 0 saturated carbocycles. The molecule has 0 aliphatic carbocycles. The van der Waals surface area contributed by atoms with Crippen molar-refractivity contribution >= 4 is 17.7 Å². The number of aryl methyl sites for hydroxylation is 1. The van der Waals surface area contributed by atoms with Crippen LogP contribution < -0.4 is 0 Å². The second-order valence-electron chi connectivity index (χ2n) is 3.03. The number of carbonyl (C=O) groups is 1. The van der Waals surface area contributed by atoms with E-state index in [2.05, 4.69) is 4.98 Å². The first-order chi connectivity index (χ1) is 7.13. The van der Waals surface area contributed by atoms with Gasteiger partial charge >= 0.3 is 5.97 Å². The van der Waals surface area contributed by atoms with Crippen LogP contribution in [0.2, 0.25) is 0 Å². The van der Waals surface area contributed by atoms with Gasteiger partial charge in [0.2, 0.25) is 0 Å². The standard InChI is InChI=1S/C9H14N2O3S/c1-7-5-11(3-4-14-2)9(10-7)15-6-8(12)13/h5H,3-4,6H2,1-2H3,(H,12,13). The van der Waals surface area contributed by atoms with Crippen molar-refractivity contribution in [3.8, 4) is 0 Å². The summed E-state index contributed by atoms with van der Waals surface area (Å²) < 4.78 is 6.87. The number of aliphatic carboxylic acids is 1. The zero-order valence-electron chi connectivity index (χ0n) is 8.77. The van der Waals surface area contributed by atoms with Gasteiger partial charge in [0.25, 0.3) is 0 Å². The summed E-state index contributed by atoms with van der Waals surface area (Å²) in [5.41, 5.74) is 0.888. The van der Waals surface area contributed by atoms with Crippen molar-refractivity contribution < 1.29 is 14.6 Å². The van der Waals surface area contributed by atoms with Gasteiger partial charge in [-0.15, -0.1) is 0 Å². The molecule has 1 aromatic rings. The Morgan fingerprint density at radius 3 is 3.07 bits per heavy atom. The van der Waals surface area contributed by atoms with Crippen molar-refractivity contribution in [2.24, 2.45) is 0 Å². The first-order valence-electron chi connectivity index (χ1n) is 4.50. The lowest BCUT2D eigenvalue weighted by Gasteiger charge is -2.04. The number of hydrogen-bond acceptors (Lipinski definition) is 4. The van der Waals surface area contributed by atoms with E-state index in [9.17, 15) is 4.79 Å². The molecule has 1 aromatic heterocycles. The number of methoxy groups -OCH3 is 1. The summed E-state index contributed by atoms with van der Waals surface area (Å²) >= 11 is 1.22.